The molecular formula is C68H76F2N8O8. The summed E-state index contributed by atoms with van der Waals surface area (Å²) in [7, 11) is 1.70. The lowest BCUT2D eigenvalue weighted by Crippen LogP contribution is -2.52. The van der Waals surface area contributed by atoms with E-state index in [4.69, 9.17) is 4.11 Å². The van der Waals surface area contributed by atoms with Gasteiger partial charge in [-0.1, -0.05) is 55.7 Å². The van der Waals surface area contributed by atoms with Gasteiger partial charge in [-0.2, -0.15) is 0 Å². The van der Waals surface area contributed by atoms with Gasteiger partial charge in [0.25, 0.3) is 5.91 Å². The van der Waals surface area contributed by atoms with Crippen molar-refractivity contribution in [3.8, 4) is 11.1 Å². The number of halogens is 2. The molecule has 8 rings (SSSR count). The molecule has 4 aromatic carbocycles. The Morgan fingerprint density at radius 1 is 0.581 bits per heavy atom. The number of aromatic nitrogens is 2. The molecule has 6 atom stereocenters. The molecule has 6 aromatic rings. The molecule has 18 heteroatoms. The first-order chi connectivity index (χ1) is 42.7. The van der Waals surface area contributed by atoms with Gasteiger partial charge in [-0.3, -0.25) is 48.3 Å². The fourth-order valence-corrected chi connectivity index (χ4v) is 11.2. The monoisotopic (exact) mass is 1170 g/mol. The highest BCUT2D eigenvalue weighted by molar-refractivity contribution is 6.09. The van der Waals surface area contributed by atoms with E-state index in [-0.39, 0.29) is 77.3 Å². The van der Waals surface area contributed by atoms with E-state index in [0.29, 0.717) is 111 Å². The second-order valence-corrected chi connectivity index (χ2v) is 22.3. The quantitative estimate of drug-likeness (QED) is 0.0255. The van der Waals surface area contributed by atoms with Crippen molar-refractivity contribution in [1.29, 1.82) is 0 Å². The van der Waals surface area contributed by atoms with Gasteiger partial charge in [-0.05, 0) is 174 Å². The number of Topliss-reactive ketones (excluding diaryl/α,β-unsaturated/α-hetero) is 2. The third kappa shape index (κ3) is 16.5. The third-order valence-electron chi connectivity index (χ3n) is 16.4. The lowest BCUT2D eigenvalue weighted by molar-refractivity contribution is -0.139. The Balaban J connectivity index is 0.799. The summed E-state index contributed by atoms with van der Waals surface area (Å²) in [6.45, 7) is 1.78. The number of carbonyl (C=O) groups is 8. The lowest BCUT2D eigenvalue weighted by Gasteiger charge is -2.30. The maximum absolute atomic E-state index is 14.4. The minimum Gasteiger partial charge on any atom is -0.352 e. The number of hydrogen-bond donors (Lipinski definition) is 4. The Hall–Kier alpha value is -8.48. The van der Waals surface area contributed by atoms with Crippen LogP contribution in [0.1, 0.15) is 177 Å². The van der Waals surface area contributed by atoms with E-state index >= 15 is 0 Å². The number of ketones is 4. The van der Waals surface area contributed by atoms with Gasteiger partial charge in [-0.25, -0.2) is 8.78 Å². The smallest absolute Gasteiger partial charge is 0.251 e. The maximum atomic E-state index is 14.4. The molecule has 16 nitrogen and oxygen atoms in total. The molecule has 450 valence electrons. The van der Waals surface area contributed by atoms with Crippen LogP contribution in [-0.2, 0) is 19.2 Å². The SMILES string of the molecule is [2H]C([2H])([2H])N[C@@H](C)C(=O)N[C@@H](CCCCCC(=O)c1ccc(-c2ccc(C(=O)NCCCC[C@H](CC(=O)[C@H](C)NC)C(=O)N3CCC[C@H]3c3cncc(C(=O)c4ccc(F)cc4)c3)cc2)cc1)C(=O)N1CCC[C@H]1c1cncc(C(=O)c2ccc(F)cc2)c1. The summed E-state index contributed by atoms with van der Waals surface area (Å²) in [6.07, 6.45) is 12.3. The van der Waals surface area contributed by atoms with Gasteiger partial charge in [0.15, 0.2) is 17.3 Å². The summed E-state index contributed by atoms with van der Waals surface area (Å²) in [6, 6.07) is 24.8. The highest BCUT2D eigenvalue weighted by Gasteiger charge is 2.37. The van der Waals surface area contributed by atoms with Crippen molar-refractivity contribution < 1.29 is 51.2 Å². The number of pyridine rings is 2. The largest absolute Gasteiger partial charge is 0.352 e. The molecule has 4 amide bonds. The first kappa shape index (κ1) is 59.3. The molecule has 0 spiro atoms. The van der Waals surface area contributed by atoms with Crippen molar-refractivity contribution >= 4 is 46.8 Å². The Morgan fingerprint density at radius 3 is 1.63 bits per heavy atom. The molecule has 0 unspecified atom stereocenters. The molecule has 2 aliphatic heterocycles. The summed E-state index contributed by atoms with van der Waals surface area (Å²) in [5.41, 5.74) is 5.19. The molecule has 4 N–H and O–H groups in total. The van der Waals surface area contributed by atoms with Gasteiger partial charge in [0.05, 0.1) is 24.2 Å². The second kappa shape index (κ2) is 30.6. The Labute approximate surface area is 505 Å². The molecular weight excluding hydrogens is 1090 g/mol. The fourth-order valence-electron chi connectivity index (χ4n) is 11.2. The molecule has 2 fully saturated rings. The first-order valence-electron chi connectivity index (χ1n) is 31.1. The molecule has 2 aromatic heterocycles. The number of rotatable bonds is 29. The topological polar surface area (TPSA) is 217 Å². The summed E-state index contributed by atoms with van der Waals surface area (Å²) in [5, 5.41) is 11.0. The van der Waals surface area contributed by atoms with E-state index in [1.165, 1.54) is 67.8 Å². The van der Waals surface area contributed by atoms with Crippen LogP contribution in [0.15, 0.2) is 134 Å². The van der Waals surface area contributed by atoms with E-state index in [1.54, 1.807) is 72.6 Å². The second-order valence-electron chi connectivity index (χ2n) is 22.3. The number of unbranched alkanes of at least 4 members (excludes halogenated alkanes) is 3. The number of hydrogen-bond acceptors (Lipinski definition) is 12. The minimum absolute atomic E-state index is 0.0494. The average molecular weight is 1170 g/mol. The van der Waals surface area contributed by atoms with Crippen LogP contribution < -0.4 is 21.3 Å². The first-order valence-corrected chi connectivity index (χ1v) is 29.6. The van der Waals surface area contributed by atoms with E-state index in [1.807, 2.05) is 24.3 Å². The average Bonchev–Trinajstić information content (AvgIpc) is 2.89. The zero-order valence-electron chi connectivity index (χ0n) is 51.8. The van der Waals surface area contributed by atoms with Crippen LogP contribution in [0.4, 0.5) is 8.78 Å². The molecule has 0 radical (unpaired) electrons. The predicted molar refractivity (Wildman–Crippen MR) is 323 cm³/mol. The molecule has 0 aliphatic carbocycles. The van der Waals surface area contributed by atoms with E-state index in [2.05, 4.69) is 31.2 Å². The molecule has 4 heterocycles. The highest BCUT2D eigenvalue weighted by atomic mass is 19.1. The molecule has 2 aliphatic rings. The van der Waals surface area contributed by atoms with Crippen molar-refractivity contribution in [2.24, 2.45) is 5.92 Å². The summed E-state index contributed by atoms with van der Waals surface area (Å²) in [4.78, 5) is 121. The zero-order chi connectivity index (χ0) is 63.8. The number of likely N-dealkylation sites (tertiary alicyclic amines) is 2. The predicted octanol–water partition coefficient (Wildman–Crippen LogP) is 9.92. The van der Waals surface area contributed by atoms with E-state index < -0.39 is 54.6 Å². The summed E-state index contributed by atoms with van der Waals surface area (Å²) >= 11 is 0. The van der Waals surface area contributed by atoms with Gasteiger partial charge in [0.2, 0.25) is 17.7 Å². The minimum atomic E-state index is -2.60. The van der Waals surface area contributed by atoms with Crippen molar-refractivity contribution in [3.05, 3.63) is 190 Å². The van der Waals surface area contributed by atoms with Crippen LogP contribution in [0.2, 0.25) is 0 Å². The lowest BCUT2D eigenvalue weighted by atomic mass is 9.91. The normalized spacial score (nSPS) is 16.9. The van der Waals surface area contributed by atoms with Gasteiger partial charge >= 0.3 is 0 Å². The summed E-state index contributed by atoms with van der Waals surface area (Å²) < 4.78 is 49.9. The number of likely N-dealkylation sites (N-methyl/N-ethyl adjacent to an activating group) is 2. The van der Waals surface area contributed by atoms with Crippen LogP contribution in [0.25, 0.3) is 11.1 Å². The third-order valence-corrected chi connectivity index (χ3v) is 16.4. The van der Waals surface area contributed by atoms with Gasteiger partial charge in [-0.15, -0.1) is 0 Å². The van der Waals surface area contributed by atoms with Crippen LogP contribution in [0, 0.1) is 17.6 Å². The van der Waals surface area contributed by atoms with Crippen molar-refractivity contribution in [2.75, 3.05) is 33.7 Å². The molecule has 0 bridgehead atoms. The Kier molecular flexibility index (Phi) is 21.1. The van der Waals surface area contributed by atoms with Crippen LogP contribution in [0.5, 0.6) is 0 Å². The molecule has 0 saturated carbocycles. The van der Waals surface area contributed by atoms with Gasteiger partial charge < -0.3 is 31.1 Å². The summed E-state index contributed by atoms with van der Waals surface area (Å²) in [5.74, 6) is -3.78. The number of nitrogens with one attached hydrogen (secondary N) is 4. The Morgan fingerprint density at radius 2 is 1.09 bits per heavy atom. The Bertz CT molecular complexity index is 3480. The van der Waals surface area contributed by atoms with Crippen molar-refractivity contribution in [1.82, 2.24) is 41.0 Å². The van der Waals surface area contributed by atoms with Crippen LogP contribution >= 0.6 is 0 Å². The number of amides is 4. The van der Waals surface area contributed by atoms with Crippen molar-refractivity contribution in [2.45, 2.75) is 128 Å². The highest BCUT2D eigenvalue weighted by Crippen LogP contribution is 2.36. The van der Waals surface area contributed by atoms with Crippen LogP contribution in [0.3, 0.4) is 0 Å². The molecule has 86 heavy (non-hydrogen) atoms. The van der Waals surface area contributed by atoms with Gasteiger partial charge in [0.1, 0.15) is 23.5 Å². The fraction of sp³-hybridized carbons (Fsp3) is 0.382. The number of nitrogens with zero attached hydrogens (tertiary/aromatic N) is 4. The van der Waals surface area contributed by atoms with Crippen LogP contribution in [-0.4, -0.2) is 118 Å². The van der Waals surface area contributed by atoms with Gasteiger partial charge in [0, 0.05) is 101 Å². The maximum Gasteiger partial charge on any atom is 0.251 e. The number of benzene rings is 4. The number of carbonyl (C=O) groups excluding carboxylic acids is 8. The van der Waals surface area contributed by atoms with E-state index in [0.717, 1.165) is 17.5 Å². The zero-order valence-corrected chi connectivity index (χ0v) is 48.8. The molecule has 2 saturated heterocycles. The standard InChI is InChI=1S/C68H76F2N8O8/c1-43(71-3)62(80)38-51(67(85)77-34-10-14-59(77)52-36-54(41-73-39-52)63(81)48-25-29-56(69)30-26-48)12-8-9-33-75-66(84)50-23-19-46(20-24-50)45-17-21-47(22-18-45)61(79)16-7-5-6-13-58(76-65(83)44(2)72-4)68(86)78-35-11-15-60(78)53-37-55(42-74-40-53)64(82)49-27-31-57(70)32-28-49/h17-32,36-37,39-44,51,58-60,71-72H,5-16,33-35,38H2,1-4H3,(H,75,84)(H,76,83)/t43-,44-,51+,58-,59-,60-/m0/s1/i4D3. The van der Waals surface area contributed by atoms with E-state index in [9.17, 15) is 47.1 Å². The van der Waals surface area contributed by atoms with Crippen molar-refractivity contribution in [3.63, 3.8) is 0 Å².